The van der Waals surface area contributed by atoms with Crippen molar-refractivity contribution in [1.29, 1.82) is 0 Å². The molecule has 0 aliphatic heterocycles. The van der Waals surface area contributed by atoms with Crippen molar-refractivity contribution in [3.05, 3.63) is 71.6 Å². The standard InChI is InChI=1S/C18H16N2O2S/c1-22-16(14-10-6-3-7-11-14)17(21)20-18-19-15(12-23-18)13-8-4-2-5-9-13/h2-12,16H,1H3,(H,19,20,21)/t16-/m0/s1. The molecule has 4 nitrogen and oxygen atoms in total. The lowest BCUT2D eigenvalue weighted by Crippen LogP contribution is -2.22. The Morgan fingerprint density at radius 3 is 2.39 bits per heavy atom. The number of benzene rings is 2. The zero-order valence-electron chi connectivity index (χ0n) is 12.6. The van der Waals surface area contributed by atoms with Gasteiger partial charge in [0, 0.05) is 18.1 Å². The maximum absolute atomic E-state index is 12.4. The lowest BCUT2D eigenvalue weighted by atomic mass is 10.1. The maximum atomic E-state index is 12.4. The van der Waals surface area contributed by atoms with Gasteiger partial charge in [-0.05, 0) is 5.56 Å². The van der Waals surface area contributed by atoms with Crippen molar-refractivity contribution in [3.63, 3.8) is 0 Å². The van der Waals surface area contributed by atoms with Crippen LogP contribution >= 0.6 is 11.3 Å². The number of rotatable bonds is 5. The number of hydrogen-bond acceptors (Lipinski definition) is 4. The van der Waals surface area contributed by atoms with Gasteiger partial charge in [-0.2, -0.15) is 0 Å². The number of ether oxygens (including phenoxy) is 1. The topological polar surface area (TPSA) is 51.2 Å². The van der Waals surface area contributed by atoms with Crippen molar-refractivity contribution in [2.45, 2.75) is 6.10 Å². The van der Waals surface area contributed by atoms with Gasteiger partial charge in [0.2, 0.25) is 0 Å². The van der Waals surface area contributed by atoms with Gasteiger partial charge in [-0.1, -0.05) is 60.7 Å². The van der Waals surface area contributed by atoms with Crippen LogP contribution in [0.2, 0.25) is 0 Å². The number of hydrogen-bond donors (Lipinski definition) is 1. The first-order chi connectivity index (χ1) is 11.3. The Labute approximate surface area is 138 Å². The van der Waals surface area contributed by atoms with Gasteiger partial charge in [-0.15, -0.1) is 11.3 Å². The summed E-state index contributed by atoms with van der Waals surface area (Å²) in [6, 6.07) is 19.3. The van der Waals surface area contributed by atoms with Gasteiger partial charge in [0.15, 0.2) is 11.2 Å². The molecule has 23 heavy (non-hydrogen) atoms. The fourth-order valence-corrected chi connectivity index (χ4v) is 2.99. The fourth-order valence-electron chi connectivity index (χ4n) is 2.27. The maximum Gasteiger partial charge on any atom is 0.259 e. The molecule has 0 aliphatic carbocycles. The summed E-state index contributed by atoms with van der Waals surface area (Å²) >= 11 is 1.40. The molecule has 0 spiro atoms. The molecule has 3 rings (SSSR count). The first kappa shape index (κ1) is 15.4. The Morgan fingerprint density at radius 2 is 1.74 bits per heavy atom. The first-order valence-electron chi connectivity index (χ1n) is 7.17. The van der Waals surface area contributed by atoms with Gasteiger partial charge in [0.25, 0.3) is 5.91 Å². The minimum absolute atomic E-state index is 0.229. The zero-order valence-corrected chi connectivity index (χ0v) is 13.4. The smallest absolute Gasteiger partial charge is 0.259 e. The summed E-state index contributed by atoms with van der Waals surface area (Å²) in [6.07, 6.45) is -0.653. The van der Waals surface area contributed by atoms with Gasteiger partial charge >= 0.3 is 0 Å². The SMILES string of the molecule is CO[C@H](C(=O)Nc1nc(-c2ccccc2)cs1)c1ccccc1. The molecule has 1 heterocycles. The predicted molar refractivity (Wildman–Crippen MR) is 92.4 cm³/mol. The van der Waals surface area contributed by atoms with Crippen molar-refractivity contribution in [1.82, 2.24) is 4.98 Å². The summed E-state index contributed by atoms with van der Waals surface area (Å²) in [5.41, 5.74) is 2.68. The number of carbonyl (C=O) groups excluding carboxylic acids is 1. The molecule has 1 amide bonds. The molecule has 0 aliphatic rings. The average Bonchev–Trinajstić information content (AvgIpc) is 3.06. The van der Waals surface area contributed by atoms with Gasteiger partial charge in [-0.3, -0.25) is 10.1 Å². The van der Waals surface area contributed by atoms with Crippen LogP contribution in [0.25, 0.3) is 11.3 Å². The fraction of sp³-hybridized carbons (Fsp3) is 0.111. The summed E-state index contributed by atoms with van der Waals surface area (Å²) in [5.74, 6) is -0.229. The molecule has 1 aromatic heterocycles. The first-order valence-corrected chi connectivity index (χ1v) is 8.05. The minimum atomic E-state index is -0.653. The van der Waals surface area contributed by atoms with Crippen LogP contribution in [0.4, 0.5) is 5.13 Å². The van der Waals surface area contributed by atoms with Gasteiger partial charge in [0.05, 0.1) is 5.69 Å². The molecule has 3 aromatic rings. The minimum Gasteiger partial charge on any atom is -0.367 e. The monoisotopic (exact) mass is 324 g/mol. The highest BCUT2D eigenvalue weighted by Gasteiger charge is 2.21. The predicted octanol–water partition coefficient (Wildman–Crippen LogP) is 4.14. The number of aromatic nitrogens is 1. The van der Waals surface area contributed by atoms with E-state index in [-0.39, 0.29) is 5.91 Å². The van der Waals surface area contributed by atoms with Gasteiger partial charge < -0.3 is 4.74 Å². The largest absolute Gasteiger partial charge is 0.367 e. The van der Waals surface area contributed by atoms with Crippen LogP contribution in [-0.2, 0) is 9.53 Å². The number of thiazole rings is 1. The summed E-state index contributed by atoms with van der Waals surface area (Å²) in [6.45, 7) is 0. The molecule has 1 atom stereocenters. The van der Waals surface area contributed by atoms with E-state index in [0.717, 1.165) is 16.8 Å². The van der Waals surface area contributed by atoms with Crippen LogP contribution in [0.3, 0.4) is 0 Å². The third-order valence-electron chi connectivity index (χ3n) is 3.38. The summed E-state index contributed by atoms with van der Waals surface area (Å²) < 4.78 is 5.33. The molecular formula is C18H16N2O2S. The highest BCUT2D eigenvalue weighted by Crippen LogP contribution is 2.26. The number of nitrogens with zero attached hydrogens (tertiary/aromatic N) is 1. The summed E-state index contributed by atoms with van der Waals surface area (Å²) in [5, 5.41) is 5.31. The Bertz CT molecular complexity index is 772. The van der Waals surface area contributed by atoms with E-state index in [9.17, 15) is 4.79 Å². The normalized spacial score (nSPS) is 11.9. The third-order valence-corrected chi connectivity index (χ3v) is 4.14. The van der Waals surface area contributed by atoms with Crippen LogP contribution in [0.15, 0.2) is 66.0 Å². The van der Waals surface area contributed by atoms with E-state index in [1.165, 1.54) is 18.4 Å². The van der Waals surface area contributed by atoms with Crippen molar-refractivity contribution in [2.75, 3.05) is 12.4 Å². The molecule has 2 aromatic carbocycles. The molecule has 0 saturated heterocycles. The van der Waals surface area contributed by atoms with E-state index in [2.05, 4.69) is 10.3 Å². The van der Waals surface area contributed by atoms with Crippen LogP contribution in [0, 0.1) is 0 Å². The number of nitrogens with one attached hydrogen (secondary N) is 1. The van der Waals surface area contributed by atoms with E-state index in [0.29, 0.717) is 5.13 Å². The van der Waals surface area contributed by atoms with E-state index >= 15 is 0 Å². The van der Waals surface area contributed by atoms with Crippen LogP contribution in [0.1, 0.15) is 11.7 Å². The van der Waals surface area contributed by atoms with Crippen molar-refractivity contribution < 1.29 is 9.53 Å². The quantitative estimate of drug-likeness (QED) is 0.767. The Hall–Kier alpha value is -2.50. The van der Waals surface area contributed by atoms with E-state index < -0.39 is 6.10 Å². The van der Waals surface area contributed by atoms with Crippen LogP contribution in [-0.4, -0.2) is 18.0 Å². The van der Waals surface area contributed by atoms with Gasteiger partial charge in [0.1, 0.15) is 0 Å². The number of carbonyl (C=O) groups is 1. The Balaban J connectivity index is 1.74. The van der Waals surface area contributed by atoms with Crippen molar-refractivity contribution in [3.8, 4) is 11.3 Å². The second-order valence-corrected chi connectivity index (χ2v) is 5.78. The lowest BCUT2D eigenvalue weighted by molar-refractivity contribution is -0.126. The lowest BCUT2D eigenvalue weighted by Gasteiger charge is -2.14. The second kappa shape index (κ2) is 7.17. The molecule has 0 fully saturated rings. The Kier molecular flexibility index (Phi) is 4.80. The molecular weight excluding hydrogens is 308 g/mol. The average molecular weight is 324 g/mol. The zero-order chi connectivity index (χ0) is 16.1. The number of amides is 1. The highest BCUT2D eigenvalue weighted by molar-refractivity contribution is 7.14. The van der Waals surface area contributed by atoms with Gasteiger partial charge in [-0.25, -0.2) is 4.98 Å². The number of methoxy groups -OCH3 is 1. The molecule has 0 radical (unpaired) electrons. The van der Waals surface area contributed by atoms with Crippen molar-refractivity contribution in [2.24, 2.45) is 0 Å². The second-order valence-electron chi connectivity index (χ2n) is 4.92. The molecule has 116 valence electrons. The van der Waals surface area contributed by atoms with E-state index in [1.54, 1.807) is 0 Å². The molecule has 0 bridgehead atoms. The summed E-state index contributed by atoms with van der Waals surface area (Å²) in [4.78, 5) is 16.9. The van der Waals surface area contributed by atoms with E-state index in [1.807, 2.05) is 66.0 Å². The molecule has 1 N–H and O–H groups in total. The van der Waals surface area contributed by atoms with E-state index in [4.69, 9.17) is 4.74 Å². The third kappa shape index (κ3) is 3.64. The molecule has 0 saturated carbocycles. The highest BCUT2D eigenvalue weighted by atomic mass is 32.1. The molecule has 5 heteroatoms. The Morgan fingerprint density at radius 1 is 1.09 bits per heavy atom. The molecule has 0 unspecified atom stereocenters. The summed E-state index contributed by atoms with van der Waals surface area (Å²) in [7, 11) is 1.52. The number of anilines is 1. The van der Waals surface area contributed by atoms with Crippen LogP contribution < -0.4 is 5.32 Å². The van der Waals surface area contributed by atoms with Crippen molar-refractivity contribution >= 4 is 22.4 Å². The van der Waals surface area contributed by atoms with Crippen LogP contribution in [0.5, 0.6) is 0 Å².